The number of hydrogen-bond acceptors (Lipinski definition) is 3. The van der Waals surface area contributed by atoms with Gasteiger partial charge in [0.1, 0.15) is 0 Å². The van der Waals surface area contributed by atoms with Crippen molar-refractivity contribution in [1.82, 2.24) is 5.32 Å². The van der Waals surface area contributed by atoms with Gasteiger partial charge in [0.05, 0.1) is 12.1 Å². The summed E-state index contributed by atoms with van der Waals surface area (Å²) in [7, 11) is 0. The molecule has 1 heterocycles. The third-order valence-corrected chi connectivity index (χ3v) is 3.27. The molecular weight excluding hydrogens is 156 g/mol. The molecule has 0 bridgehead atoms. The van der Waals surface area contributed by atoms with E-state index in [2.05, 4.69) is 11.4 Å². The van der Waals surface area contributed by atoms with Crippen LogP contribution in [-0.2, 0) is 0 Å². The van der Waals surface area contributed by atoms with Crippen molar-refractivity contribution in [3.8, 4) is 6.07 Å². The molecule has 0 aromatic carbocycles. The van der Waals surface area contributed by atoms with Gasteiger partial charge in [-0.3, -0.25) is 0 Å². The van der Waals surface area contributed by atoms with Crippen LogP contribution in [0.2, 0.25) is 0 Å². The molecule has 1 N–H and O–H groups in total. The fourth-order valence-electron chi connectivity index (χ4n) is 1.16. The van der Waals surface area contributed by atoms with Gasteiger partial charge in [-0.25, -0.2) is 0 Å². The Labute approximate surface area is 72.4 Å². The first-order valence-corrected chi connectivity index (χ1v) is 5.12. The lowest BCUT2D eigenvalue weighted by atomic mass is 10.2. The number of thioether (sulfide) groups is 1. The largest absolute Gasteiger partial charge is 0.301 e. The third-order valence-electron chi connectivity index (χ3n) is 1.87. The van der Waals surface area contributed by atoms with Gasteiger partial charge in [0, 0.05) is 11.8 Å². The summed E-state index contributed by atoms with van der Waals surface area (Å²) in [5.41, 5.74) is 0. The second-order valence-corrected chi connectivity index (χ2v) is 4.30. The summed E-state index contributed by atoms with van der Waals surface area (Å²) in [4.78, 5) is 0. The molecular formula is C8H14N2S. The van der Waals surface area contributed by atoms with Crippen molar-refractivity contribution in [1.29, 1.82) is 5.26 Å². The van der Waals surface area contributed by atoms with Crippen LogP contribution in [0.3, 0.4) is 0 Å². The fourth-order valence-corrected chi connectivity index (χ4v) is 2.37. The van der Waals surface area contributed by atoms with Crippen LogP contribution >= 0.6 is 11.8 Å². The standard InChI is InChI=1S/C8H14N2S/c1-7(5-9)10-6-8-3-2-4-11-8/h7-8,10H,2-4,6H2,1H3. The highest BCUT2D eigenvalue weighted by atomic mass is 32.2. The van der Waals surface area contributed by atoms with Gasteiger partial charge in [0.2, 0.25) is 0 Å². The Kier molecular flexibility index (Phi) is 3.74. The zero-order valence-corrected chi connectivity index (χ0v) is 7.66. The van der Waals surface area contributed by atoms with Gasteiger partial charge in [0.25, 0.3) is 0 Å². The molecule has 3 heteroatoms. The second-order valence-electron chi connectivity index (χ2n) is 2.89. The summed E-state index contributed by atoms with van der Waals surface area (Å²) in [6.07, 6.45) is 2.66. The van der Waals surface area contributed by atoms with E-state index >= 15 is 0 Å². The number of nitrogens with zero attached hydrogens (tertiary/aromatic N) is 1. The highest BCUT2D eigenvalue weighted by Crippen LogP contribution is 2.25. The summed E-state index contributed by atoms with van der Waals surface area (Å²) in [6.45, 7) is 2.90. The highest BCUT2D eigenvalue weighted by Gasteiger charge is 2.15. The minimum atomic E-state index is 0.0104. The van der Waals surface area contributed by atoms with Gasteiger partial charge in [-0.2, -0.15) is 17.0 Å². The molecule has 11 heavy (non-hydrogen) atoms. The summed E-state index contributed by atoms with van der Waals surface area (Å²) >= 11 is 2.02. The van der Waals surface area contributed by atoms with E-state index in [0.29, 0.717) is 0 Å². The topological polar surface area (TPSA) is 35.8 Å². The normalized spacial score (nSPS) is 26.4. The first-order chi connectivity index (χ1) is 5.33. The maximum absolute atomic E-state index is 8.49. The Hall–Kier alpha value is -0.200. The first kappa shape index (κ1) is 8.89. The SMILES string of the molecule is CC(C#N)NCC1CCCS1. The Balaban J connectivity index is 2.07. The van der Waals surface area contributed by atoms with Crippen molar-refractivity contribution in [2.75, 3.05) is 12.3 Å². The van der Waals surface area contributed by atoms with E-state index in [1.165, 1.54) is 18.6 Å². The summed E-state index contributed by atoms with van der Waals surface area (Å²) in [5, 5.41) is 12.4. The van der Waals surface area contributed by atoms with Crippen LogP contribution in [0.1, 0.15) is 19.8 Å². The number of nitriles is 1. The molecule has 0 aromatic rings. The Morgan fingerprint density at radius 2 is 2.64 bits per heavy atom. The maximum atomic E-state index is 8.49. The molecule has 2 atom stereocenters. The lowest BCUT2D eigenvalue weighted by molar-refractivity contribution is 0.612. The Morgan fingerprint density at radius 1 is 1.82 bits per heavy atom. The zero-order valence-electron chi connectivity index (χ0n) is 6.84. The summed E-state index contributed by atoms with van der Waals surface area (Å²) in [6, 6.07) is 2.18. The highest BCUT2D eigenvalue weighted by molar-refractivity contribution is 8.00. The van der Waals surface area contributed by atoms with Crippen LogP contribution in [0.4, 0.5) is 0 Å². The molecule has 0 aliphatic carbocycles. The van der Waals surface area contributed by atoms with Crippen molar-refractivity contribution in [3.63, 3.8) is 0 Å². The third kappa shape index (κ3) is 3.13. The second kappa shape index (κ2) is 4.63. The van der Waals surface area contributed by atoms with Gasteiger partial charge >= 0.3 is 0 Å². The molecule has 2 nitrogen and oxygen atoms in total. The summed E-state index contributed by atoms with van der Waals surface area (Å²) < 4.78 is 0. The predicted molar refractivity (Wildman–Crippen MR) is 48.6 cm³/mol. The molecule has 1 saturated heterocycles. The molecule has 0 amide bonds. The molecule has 0 radical (unpaired) electrons. The lowest BCUT2D eigenvalue weighted by Crippen LogP contribution is -2.30. The minimum absolute atomic E-state index is 0.0104. The van der Waals surface area contributed by atoms with Crippen LogP contribution in [0.15, 0.2) is 0 Å². The number of rotatable bonds is 3. The molecule has 1 rings (SSSR count). The molecule has 62 valence electrons. The van der Waals surface area contributed by atoms with Crippen molar-refractivity contribution in [2.24, 2.45) is 0 Å². The molecule has 1 fully saturated rings. The molecule has 0 spiro atoms. The van der Waals surface area contributed by atoms with Crippen molar-refractivity contribution in [3.05, 3.63) is 0 Å². The van der Waals surface area contributed by atoms with E-state index in [1.807, 2.05) is 18.7 Å². The fraction of sp³-hybridized carbons (Fsp3) is 0.875. The molecule has 1 aliphatic rings. The predicted octanol–water partition coefficient (Wildman–Crippen LogP) is 1.38. The van der Waals surface area contributed by atoms with Gasteiger partial charge in [-0.05, 0) is 25.5 Å². The van der Waals surface area contributed by atoms with E-state index in [-0.39, 0.29) is 6.04 Å². The minimum Gasteiger partial charge on any atom is -0.301 e. The van der Waals surface area contributed by atoms with Crippen LogP contribution in [-0.4, -0.2) is 23.6 Å². The van der Waals surface area contributed by atoms with E-state index in [4.69, 9.17) is 5.26 Å². The van der Waals surface area contributed by atoms with Crippen molar-refractivity contribution >= 4 is 11.8 Å². The number of hydrogen-bond donors (Lipinski definition) is 1. The monoisotopic (exact) mass is 170 g/mol. The molecule has 2 unspecified atom stereocenters. The quantitative estimate of drug-likeness (QED) is 0.695. The van der Waals surface area contributed by atoms with Crippen molar-refractivity contribution < 1.29 is 0 Å². The molecule has 0 saturated carbocycles. The van der Waals surface area contributed by atoms with Gasteiger partial charge < -0.3 is 5.32 Å². The Morgan fingerprint density at radius 3 is 3.18 bits per heavy atom. The summed E-state index contributed by atoms with van der Waals surface area (Å²) in [5.74, 6) is 1.30. The van der Waals surface area contributed by atoms with Crippen LogP contribution < -0.4 is 5.32 Å². The van der Waals surface area contributed by atoms with Gasteiger partial charge in [-0.15, -0.1) is 0 Å². The van der Waals surface area contributed by atoms with E-state index < -0.39 is 0 Å². The van der Waals surface area contributed by atoms with Gasteiger partial charge in [-0.1, -0.05) is 0 Å². The van der Waals surface area contributed by atoms with E-state index in [0.717, 1.165) is 11.8 Å². The van der Waals surface area contributed by atoms with E-state index in [1.54, 1.807) is 0 Å². The van der Waals surface area contributed by atoms with Gasteiger partial charge in [0.15, 0.2) is 0 Å². The van der Waals surface area contributed by atoms with Crippen molar-refractivity contribution in [2.45, 2.75) is 31.1 Å². The smallest absolute Gasteiger partial charge is 0.0924 e. The Bertz CT molecular complexity index is 147. The molecule has 1 aliphatic heterocycles. The average Bonchev–Trinajstić information content (AvgIpc) is 2.52. The first-order valence-electron chi connectivity index (χ1n) is 4.07. The maximum Gasteiger partial charge on any atom is 0.0924 e. The van der Waals surface area contributed by atoms with Crippen LogP contribution in [0.25, 0.3) is 0 Å². The molecule has 0 aromatic heterocycles. The zero-order chi connectivity index (χ0) is 8.10. The van der Waals surface area contributed by atoms with E-state index in [9.17, 15) is 0 Å². The van der Waals surface area contributed by atoms with Crippen LogP contribution in [0.5, 0.6) is 0 Å². The average molecular weight is 170 g/mol. The van der Waals surface area contributed by atoms with Crippen LogP contribution in [0, 0.1) is 11.3 Å². The number of nitrogens with one attached hydrogen (secondary N) is 1. The lowest BCUT2D eigenvalue weighted by Gasteiger charge is -2.10.